The van der Waals surface area contributed by atoms with Gasteiger partial charge < -0.3 is 19.8 Å². The largest absolute Gasteiger partial charge is 0.388 e. The van der Waals surface area contributed by atoms with Crippen molar-refractivity contribution < 1.29 is 23.7 Å². The van der Waals surface area contributed by atoms with Crippen molar-refractivity contribution in [3.63, 3.8) is 0 Å². The number of hydrogen-bond donors (Lipinski definition) is 2. The van der Waals surface area contributed by atoms with Gasteiger partial charge in [-0.2, -0.15) is 0 Å². The summed E-state index contributed by atoms with van der Waals surface area (Å²) in [5.41, 5.74) is -0.684. The highest BCUT2D eigenvalue weighted by Gasteiger charge is 2.54. The van der Waals surface area contributed by atoms with Crippen molar-refractivity contribution in [2.45, 2.75) is 42.6 Å². The van der Waals surface area contributed by atoms with Crippen molar-refractivity contribution in [3.05, 3.63) is 0 Å². The van der Waals surface area contributed by atoms with Gasteiger partial charge in [0.25, 0.3) is 5.92 Å². The number of rotatable bonds is 1. The van der Waals surface area contributed by atoms with E-state index in [9.17, 15) is 19.0 Å². The molecule has 0 spiro atoms. The zero-order valence-corrected chi connectivity index (χ0v) is 11.1. The molecule has 0 radical (unpaired) electrons. The van der Waals surface area contributed by atoms with Crippen LogP contribution in [0.25, 0.3) is 0 Å². The number of halogens is 2. The first-order valence-electron chi connectivity index (χ1n) is 5.53. The first kappa shape index (κ1) is 14.0. The average Bonchev–Trinajstić information content (AvgIpc) is 2.65. The van der Waals surface area contributed by atoms with Crippen LogP contribution in [0.4, 0.5) is 8.78 Å². The SMILES string of the molecule is CN(C)C1=NC2C(OC(C(C)(F)F)C(O)C2O)S1. The van der Waals surface area contributed by atoms with Gasteiger partial charge in [0, 0.05) is 21.0 Å². The molecule has 5 atom stereocenters. The summed E-state index contributed by atoms with van der Waals surface area (Å²) in [5, 5.41) is 20.2. The lowest BCUT2D eigenvalue weighted by Crippen LogP contribution is -2.59. The zero-order chi connectivity index (χ0) is 13.7. The molecule has 2 heterocycles. The van der Waals surface area contributed by atoms with Gasteiger partial charge in [0.1, 0.15) is 23.7 Å². The average molecular weight is 282 g/mol. The highest BCUT2D eigenvalue weighted by atomic mass is 32.2. The van der Waals surface area contributed by atoms with E-state index < -0.39 is 35.7 Å². The van der Waals surface area contributed by atoms with Gasteiger partial charge in [-0.1, -0.05) is 11.8 Å². The quantitative estimate of drug-likeness (QED) is 0.715. The second-order valence-electron chi connectivity index (χ2n) is 4.78. The van der Waals surface area contributed by atoms with Gasteiger partial charge in [0.2, 0.25) is 0 Å². The third-order valence-electron chi connectivity index (χ3n) is 2.93. The minimum absolute atomic E-state index is 0.594. The van der Waals surface area contributed by atoms with Crippen LogP contribution in [0.1, 0.15) is 6.92 Å². The van der Waals surface area contributed by atoms with Gasteiger partial charge in [-0.05, 0) is 0 Å². The van der Waals surface area contributed by atoms with Gasteiger partial charge in [-0.25, -0.2) is 8.78 Å². The molecule has 2 N–H and O–H groups in total. The molecular weight excluding hydrogens is 266 g/mol. The van der Waals surface area contributed by atoms with Crippen molar-refractivity contribution in [1.29, 1.82) is 0 Å². The van der Waals surface area contributed by atoms with Crippen LogP contribution in [0.3, 0.4) is 0 Å². The number of fused-ring (bicyclic) bond motifs is 1. The standard InChI is InChI=1S/C10H16F2N2O3S/c1-10(11,12)7-6(16)5(15)4-8(17-7)18-9(13-4)14(2)3/h4-8,15-16H,1-3H3. The summed E-state index contributed by atoms with van der Waals surface area (Å²) in [7, 11) is 3.52. The number of thioether (sulfide) groups is 1. The molecule has 2 rings (SSSR count). The predicted molar refractivity (Wildman–Crippen MR) is 63.8 cm³/mol. The summed E-state index contributed by atoms with van der Waals surface area (Å²) in [6.07, 6.45) is -4.69. The van der Waals surface area contributed by atoms with E-state index in [4.69, 9.17) is 4.74 Å². The van der Waals surface area contributed by atoms with Gasteiger partial charge >= 0.3 is 0 Å². The Bertz CT molecular complexity index is 362. The Balaban J connectivity index is 2.19. The number of amidine groups is 1. The molecule has 0 amide bonds. The van der Waals surface area contributed by atoms with Crippen LogP contribution < -0.4 is 0 Å². The molecule has 8 heteroatoms. The molecule has 0 aromatic carbocycles. The van der Waals surface area contributed by atoms with Crippen LogP contribution in [-0.2, 0) is 4.74 Å². The number of hydrogen-bond acceptors (Lipinski definition) is 6. The van der Waals surface area contributed by atoms with Crippen LogP contribution in [0.5, 0.6) is 0 Å². The Labute approximate surface area is 108 Å². The van der Waals surface area contributed by atoms with Gasteiger partial charge in [-0.3, -0.25) is 4.99 Å². The molecule has 0 saturated carbocycles. The first-order chi connectivity index (χ1) is 8.21. The van der Waals surface area contributed by atoms with Gasteiger partial charge in [0.05, 0.1) is 0 Å². The van der Waals surface area contributed by atoms with E-state index in [2.05, 4.69) is 4.99 Å². The van der Waals surface area contributed by atoms with Crippen molar-refractivity contribution in [2.24, 2.45) is 4.99 Å². The predicted octanol–water partition coefficient (Wildman–Crippen LogP) is 0.121. The highest BCUT2D eigenvalue weighted by molar-refractivity contribution is 8.14. The number of ether oxygens (including phenoxy) is 1. The van der Waals surface area contributed by atoms with Crippen LogP contribution in [-0.4, -0.2) is 70.1 Å². The molecule has 0 aromatic heterocycles. The van der Waals surface area contributed by atoms with Crippen LogP contribution >= 0.6 is 11.8 Å². The van der Waals surface area contributed by atoms with E-state index in [0.717, 1.165) is 0 Å². The minimum Gasteiger partial charge on any atom is -0.388 e. The smallest absolute Gasteiger partial charge is 0.273 e. The summed E-state index contributed by atoms with van der Waals surface area (Å²) in [6, 6.07) is -0.707. The summed E-state index contributed by atoms with van der Waals surface area (Å²) in [6.45, 7) is 0.668. The molecule has 2 aliphatic rings. The lowest BCUT2D eigenvalue weighted by atomic mass is 9.95. The molecule has 0 bridgehead atoms. The lowest BCUT2D eigenvalue weighted by molar-refractivity contribution is -0.226. The molecule has 104 valence electrons. The molecule has 1 fully saturated rings. The van der Waals surface area contributed by atoms with Crippen molar-refractivity contribution in [3.8, 4) is 0 Å². The number of nitrogens with zero attached hydrogens (tertiary/aromatic N) is 2. The van der Waals surface area contributed by atoms with E-state index in [-0.39, 0.29) is 0 Å². The Hall–Kier alpha value is -0.440. The highest BCUT2D eigenvalue weighted by Crippen LogP contribution is 2.40. The normalized spacial score (nSPS) is 40.4. The lowest BCUT2D eigenvalue weighted by Gasteiger charge is -2.40. The molecule has 0 aromatic rings. The molecule has 0 aliphatic carbocycles. The third-order valence-corrected chi connectivity index (χ3v) is 4.24. The van der Waals surface area contributed by atoms with Crippen LogP contribution in [0.15, 0.2) is 4.99 Å². The maximum Gasteiger partial charge on any atom is 0.273 e. The Morgan fingerprint density at radius 2 is 1.94 bits per heavy atom. The topological polar surface area (TPSA) is 65.3 Å². The summed E-state index contributed by atoms with van der Waals surface area (Å²) < 4.78 is 31.8. The summed E-state index contributed by atoms with van der Waals surface area (Å²) in [5.74, 6) is -3.22. The second kappa shape index (κ2) is 4.59. The first-order valence-corrected chi connectivity index (χ1v) is 6.41. The Morgan fingerprint density at radius 1 is 1.33 bits per heavy atom. The molecule has 5 unspecified atom stereocenters. The second-order valence-corrected chi connectivity index (χ2v) is 5.84. The molecule has 1 saturated heterocycles. The van der Waals surface area contributed by atoms with Crippen molar-refractivity contribution >= 4 is 16.9 Å². The Kier molecular flexibility index (Phi) is 3.56. The molecule has 18 heavy (non-hydrogen) atoms. The molecule has 5 nitrogen and oxygen atoms in total. The van der Waals surface area contributed by atoms with Gasteiger partial charge in [0.15, 0.2) is 11.3 Å². The van der Waals surface area contributed by atoms with E-state index in [1.807, 2.05) is 0 Å². The van der Waals surface area contributed by atoms with E-state index in [0.29, 0.717) is 12.1 Å². The van der Waals surface area contributed by atoms with Crippen molar-refractivity contribution in [1.82, 2.24) is 4.90 Å². The molecular formula is C10H16F2N2O3S. The number of alkyl halides is 2. The monoisotopic (exact) mass is 282 g/mol. The zero-order valence-electron chi connectivity index (χ0n) is 10.2. The van der Waals surface area contributed by atoms with E-state index in [1.165, 1.54) is 11.8 Å². The number of aliphatic hydroxyl groups is 2. The summed E-state index contributed by atoms with van der Waals surface area (Å²) in [4.78, 5) is 5.90. The minimum atomic E-state index is -3.22. The maximum absolute atomic E-state index is 13.3. The molecule has 2 aliphatic heterocycles. The summed E-state index contributed by atoms with van der Waals surface area (Å²) >= 11 is 1.18. The fourth-order valence-electron chi connectivity index (χ4n) is 1.98. The van der Waals surface area contributed by atoms with E-state index in [1.54, 1.807) is 19.0 Å². The maximum atomic E-state index is 13.3. The van der Waals surface area contributed by atoms with E-state index >= 15 is 0 Å². The Morgan fingerprint density at radius 3 is 2.44 bits per heavy atom. The fraction of sp³-hybridized carbons (Fsp3) is 0.900. The van der Waals surface area contributed by atoms with Crippen molar-refractivity contribution in [2.75, 3.05) is 14.1 Å². The third kappa shape index (κ3) is 2.34. The van der Waals surface area contributed by atoms with Gasteiger partial charge in [-0.15, -0.1) is 0 Å². The van der Waals surface area contributed by atoms with Crippen LogP contribution in [0.2, 0.25) is 0 Å². The number of aliphatic hydroxyl groups excluding tert-OH is 2. The number of aliphatic imine (C=N–C) groups is 1. The fourth-order valence-corrected chi connectivity index (χ4v) is 3.12. The van der Waals surface area contributed by atoms with Crippen LogP contribution in [0, 0.1) is 0 Å².